The van der Waals surface area contributed by atoms with Gasteiger partial charge in [-0.15, -0.1) is 0 Å². The van der Waals surface area contributed by atoms with Crippen molar-refractivity contribution < 1.29 is 8.83 Å². The van der Waals surface area contributed by atoms with Crippen LogP contribution in [0.1, 0.15) is 0 Å². The lowest BCUT2D eigenvalue weighted by Crippen LogP contribution is -2.09. The summed E-state index contributed by atoms with van der Waals surface area (Å²) in [6.07, 6.45) is 3.64. The second-order valence-electron chi connectivity index (χ2n) is 14.9. The van der Waals surface area contributed by atoms with E-state index in [4.69, 9.17) is 13.8 Å². The van der Waals surface area contributed by atoms with E-state index >= 15 is 0 Å². The number of hydrogen-bond acceptors (Lipinski definition) is 5. The van der Waals surface area contributed by atoms with Gasteiger partial charge in [-0.2, -0.15) is 0 Å². The molecule has 276 valence electrons. The van der Waals surface area contributed by atoms with Crippen LogP contribution in [0.2, 0.25) is 0 Å². The zero-order valence-electron chi connectivity index (χ0n) is 31.7. The van der Waals surface area contributed by atoms with Crippen LogP contribution in [0.25, 0.3) is 99.1 Å². The van der Waals surface area contributed by atoms with Crippen molar-refractivity contribution in [2.24, 2.45) is 0 Å². The van der Waals surface area contributed by atoms with E-state index in [9.17, 15) is 0 Å². The Kier molecular flexibility index (Phi) is 7.47. The molecule has 0 spiro atoms. The van der Waals surface area contributed by atoms with E-state index in [-0.39, 0.29) is 0 Å². The van der Waals surface area contributed by atoms with Gasteiger partial charge < -0.3 is 13.7 Å². The first-order valence-electron chi connectivity index (χ1n) is 19.8. The van der Waals surface area contributed by atoms with Gasteiger partial charge in [-0.3, -0.25) is 4.98 Å². The Balaban J connectivity index is 0.967. The zero-order valence-corrected chi connectivity index (χ0v) is 31.7. The second-order valence-corrected chi connectivity index (χ2v) is 14.9. The quantitative estimate of drug-likeness (QED) is 0.158. The lowest BCUT2D eigenvalue weighted by Gasteiger charge is -2.26. The third kappa shape index (κ3) is 5.40. The van der Waals surface area contributed by atoms with E-state index < -0.39 is 0 Å². The van der Waals surface area contributed by atoms with Crippen LogP contribution < -0.4 is 4.90 Å². The van der Waals surface area contributed by atoms with E-state index in [2.05, 4.69) is 168 Å². The fraction of sp³-hybridized carbons (Fsp3) is 0. The van der Waals surface area contributed by atoms with Crippen LogP contribution in [-0.2, 0) is 0 Å². The number of fused-ring (bicyclic) bond motifs is 9. The fourth-order valence-electron chi connectivity index (χ4n) is 8.81. The lowest BCUT2D eigenvalue weighted by molar-refractivity contribution is 0.655. The van der Waals surface area contributed by atoms with Crippen LogP contribution in [-0.4, -0.2) is 9.97 Å². The van der Waals surface area contributed by atoms with Crippen molar-refractivity contribution in [1.82, 2.24) is 9.97 Å². The van der Waals surface area contributed by atoms with Gasteiger partial charge in [-0.05, 0) is 105 Å². The number of para-hydroxylation sites is 2. The van der Waals surface area contributed by atoms with Crippen molar-refractivity contribution in [1.29, 1.82) is 0 Å². The molecule has 8 aromatic carbocycles. The minimum atomic E-state index is 0.646. The van der Waals surface area contributed by atoms with Gasteiger partial charge in [-0.1, -0.05) is 121 Å². The largest absolute Gasteiger partial charge is 0.454 e. The van der Waals surface area contributed by atoms with E-state index in [1.807, 2.05) is 36.5 Å². The average Bonchev–Trinajstić information content (AvgIpc) is 3.89. The Morgan fingerprint density at radius 2 is 0.949 bits per heavy atom. The predicted molar refractivity (Wildman–Crippen MR) is 243 cm³/mol. The SMILES string of the molecule is c1ccc2c(c1)cc(-c1ccc(N(c3ccc(-c4nccc5c4oc4ccccc45)cc3)c3ccc(-c4cccc5c4oc4ncccc45)cc3)cc1)c1ccccc12. The summed E-state index contributed by atoms with van der Waals surface area (Å²) in [5, 5.41) is 9.22. The highest BCUT2D eigenvalue weighted by Crippen LogP contribution is 2.42. The van der Waals surface area contributed by atoms with Crippen LogP contribution in [0.5, 0.6) is 0 Å². The molecule has 59 heavy (non-hydrogen) atoms. The Morgan fingerprint density at radius 3 is 1.71 bits per heavy atom. The number of benzene rings is 8. The topological polar surface area (TPSA) is 55.3 Å². The van der Waals surface area contributed by atoms with Crippen molar-refractivity contribution >= 4 is 82.6 Å². The highest BCUT2D eigenvalue weighted by atomic mass is 16.3. The van der Waals surface area contributed by atoms with Gasteiger partial charge in [0.25, 0.3) is 0 Å². The molecule has 0 unspecified atom stereocenters. The van der Waals surface area contributed by atoms with Crippen molar-refractivity contribution in [3.63, 3.8) is 0 Å². The smallest absolute Gasteiger partial charge is 0.227 e. The van der Waals surface area contributed by atoms with Crippen LogP contribution in [0, 0.1) is 0 Å². The monoisotopic (exact) mass is 755 g/mol. The molecule has 0 saturated heterocycles. The van der Waals surface area contributed by atoms with Crippen molar-refractivity contribution in [2.45, 2.75) is 0 Å². The Morgan fingerprint density at radius 1 is 0.356 bits per heavy atom. The summed E-state index contributed by atoms with van der Waals surface area (Å²) in [5.41, 5.74) is 12.5. The summed E-state index contributed by atoms with van der Waals surface area (Å²) in [5.74, 6) is 0. The highest BCUT2D eigenvalue weighted by molar-refractivity contribution is 6.14. The molecule has 0 radical (unpaired) electrons. The molecule has 5 nitrogen and oxygen atoms in total. The molecule has 4 heterocycles. The van der Waals surface area contributed by atoms with Gasteiger partial charge in [0.1, 0.15) is 16.9 Å². The van der Waals surface area contributed by atoms with E-state index in [0.717, 1.165) is 77.7 Å². The summed E-state index contributed by atoms with van der Waals surface area (Å²) in [4.78, 5) is 11.6. The number of nitrogens with zero attached hydrogens (tertiary/aromatic N) is 3. The second kappa shape index (κ2) is 13.3. The summed E-state index contributed by atoms with van der Waals surface area (Å²) in [6, 6.07) is 66.4. The van der Waals surface area contributed by atoms with Gasteiger partial charge in [0.2, 0.25) is 5.71 Å². The molecule has 0 fully saturated rings. The van der Waals surface area contributed by atoms with Gasteiger partial charge in [0.05, 0.1) is 0 Å². The number of anilines is 3. The van der Waals surface area contributed by atoms with Crippen molar-refractivity contribution in [3.05, 3.63) is 200 Å². The third-order valence-corrected chi connectivity index (χ3v) is 11.6. The normalized spacial score (nSPS) is 11.7. The van der Waals surface area contributed by atoms with Gasteiger partial charge in [-0.25, -0.2) is 4.98 Å². The maximum atomic E-state index is 6.36. The Bertz CT molecular complexity index is 3390. The molecule has 0 atom stereocenters. The maximum absolute atomic E-state index is 6.36. The van der Waals surface area contributed by atoms with Crippen LogP contribution in [0.15, 0.2) is 209 Å². The molecular formula is C54H33N3O2. The van der Waals surface area contributed by atoms with Gasteiger partial charge >= 0.3 is 0 Å². The van der Waals surface area contributed by atoms with Gasteiger partial charge in [0, 0.05) is 62.1 Å². The summed E-state index contributed by atoms with van der Waals surface area (Å²) < 4.78 is 12.7. The number of hydrogen-bond donors (Lipinski definition) is 0. The van der Waals surface area contributed by atoms with Gasteiger partial charge in [0.15, 0.2) is 5.58 Å². The predicted octanol–water partition coefficient (Wildman–Crippen LogP) is 15.1. The molecule has 0 aliphatic heterocycles. The van der Waals surface area contributed by atoms with Crippen molar-refractivity contribution in [2.75, 3.05) is 4.90 Å². The molecule has 0 saturated carbocycles. The molecule has 12 rings (SSSR count). The maximum Gasteiger partial charge on any atom is 0.227 e. The molecule has 5 heteroatoms. The Hall–Kier alpha value is -8.02. The average molecular weight is 756 g/mol. The minimum Gasteiger partial charge on any atom is -0.454 e. The first kappa shape index (κ1) is 33.2. The Labute approximate surface area is 339 Å². The summed E-state index contributed by atoms with van der Waals surface area (Å²) in [7, 11) is 0. The van der Waals surface area contributed by atoms with Crippen molar-refractivity contribution in [3.8, 4) is 33.5 Å². The molecule has 4 aromatic heterocycles. The molecule has 0 N–H and O–H groups in total. The number of furan rings is 2. The number of pyridine rings is 2. The summed E-state index contributed by atoms with van der Waals surface area (Å²) >= 11 is 0. The number of rotatable bonds is 6. The third-order valence-electron chi connectivity index (χ3n) is 11.6. The molecule has 12 aromatic rings. The molecule has 0 amide bonds. The number of aromatic nitrogens is 2. The van der Waals surface area contributed by atoms with E-state index in [1.165, 1.54) is 32.7 Å². The van der Waals surface area contributed by atoms with Crippen LogP contribution in [0.3, 0.4) is 0 Å². The fourth-order valence-corrected chi connectivity index (χ4v) is 8.81. The standard InChI is InChI=1S/C54H33N3O2/c1-2-10-41-37(9-1)33-49(44-12-4-3-11-43(41)44)35-20-26-39(27-21-35)57(38-24-18-34(19-25-38)42-14-7-15-46-48-16-8-31-56-54(48)59-52(42)46)40-28-22-36(23-29-40)51-53-47(30-32-55-51)45-13-5-6-17-50(45)58-53/h1-33H. The van der Waals surface area contributed by atoms with Crippen LogP contribution >= 0.6 is 0 Å². The summed E-state index contributed by atoms with van der Waals surface area (Å²) in [6.45, 7) is 0. The van der Waals surface area contributed by atoms with Crippen LogP contribution in [0.4, 0.5) is 17.1 Å². The molecular weight excluding hydrogens is 723 g/mol. The van der Waals surface area contributed by atoms with E-state index in [0.29, 0.717) is 5.71 Å². The minimum absolute atomic E-state index is 0.646. The molecule has 0 aliphatic carbocycles. The molecule has 0 aliphatic rings. The zero-order chi connectivity index (χ0) is 38.9. The highest BCUT2D eigenvalue weighted by Gasteiger charge is 2.18. The van der Waals surface area contributed by atoms with E-state index in [1.54, 1.807) is 6.20 Å². The lowest BCUT2D eigenvalue weighted by atomic mass is 9.93. The molecule has 0 bridgehead atoms. The first-order valence-corrected chi connectivity index (χ1v) is 19.8. The first-order chi connectivity index (χ1) is 29.2.